The molecule has 0 amide bonds. The van der Waals surface area contributed by atoms with Crippen molar-refractivity contribution in [2.75, 3.05) is 0 Å². The number of carbonyl (C=O) groups is 3. The van der Waals surface area contributed by atoms with Gasteiger partial charge in [-0.05, 0) is 79.8 Å². The highest BCUT2D eigenvalue weighted by atomic mass is 16.6. The van der Waals surface area contributed by atoms with Crippen molar-refractivity contribution in [1.82, 2.24) is 0 Å². The largest absolute Gasteiger partial charge is 0.451 e. The van der Waals surface area contributed by atoms with E-state index in [2.05, 4.69) is 13.8 Å². The number of ether oxygens (including phenoxy) is 2. The molecule has 5 aliphatic carbocycles. The highest BCUT2D eigenvalue weighted by molar-refractivity contribution is 5.96. The fraction of sp³-hybridized carbons (Fsp3) is 0.792. The lowest BCUT2D eigenvalue weighted by molar-refractivity contribution is -0.187. The first-order chi connectivity index (χ1) is 13.6. The van der Waals surface area contributed by atoms with E-state index < -0.39 is 5.60 Å². The van der Waals surface area contributed by atoms with E-state index >= 15 is 0 Å². The molecule has 29 heavy (non-hydrogen) atoms. The molecule has 5 fully saturated rings. The number of hydrogen-bond acceptors (Lipinski definition) is 5. The van der Waals surface area contributed by atoms with Gasteiger partial charge in [-0.3, -0.25) is 14.4 Å². The Hall–Kier alpha value is -1.49. The van der Waals surface area contributed by atoms with Gasteiger partial charge in [0.25, 0.3) is 0 Å². The fourth-order valence-corrected chi connectivity index (χ4v) is 8.76. The lowest BCUT2D eigenvalue weighted by Crippen LogP contribution is -2.60. The highest BCUT2D eigenvalue weighted by Crippen LogP contribution is 2.75. The SMILES string of the molecule is CC(=O)O[C@]1(C(C)=O)CC[C@H]2[C@@H]3[C@H]4O[C@H]4C4=CC(=O)[C@@H]5C[C@@H]5[C@]4(C)[C@H]3CC[C@@]21C. The smallest absolute Gasteiger partial charge is 0.303 e. The number of epoxide rings is 1. The third-order valence-electron chi connectivity index (χ3n) is 10.2. The maximum atomic E-state index is 12.8. The average Bonchev–Trinajstić information content (AvgIpc) is 3.54. The predicted octanol–water partition coefficient (Wildman–Crippen LogP) is 3.25. The average molecular weight is 398 g/mol. The van der Waals surface area contributed by atoms with Gasteiger partial charge in [0.15, 0.2) is 17.2 Å². The molecule has 5 nitrogen and oxygen atoms in total. The molecule has 0 N–H and O–H groups in total. The summed E-state index contributed by atoms with van der Waals surface area (Å²) in [5.41, 5.74) is -0.0364. The van der Waals surface area contributed by atoms with E-state index in [1.165, 1.54) is 12.5 Å². The molecular formula is C24H30O5. The molecule has 1 saturated heterocycles. The first kappa shape index (κ1) is 18.3. The number of carbonyl (C=O) groups excluding carboxylic acids is 3. The second-order valence-corrected chi connectivity index (χ2v) is 11.0. The van der Waals surface area contributed by atoms with Gasteiger partial charge in [0, 0.05) is 18.3 Å². The number of esters is 1. The summed E-state index contributed by atoms with van der Waals surface area (Å²) >= 11 is 0. The summed E-state index contributed by atoms with van der Waals surface area (Å²) in [5.74, 6) is 1.79. The Labute approximate surface area is 171 Å². The summed E-state index contributed by atoms with van der Waals surface area (Å²) in [4.78, 5) is 37.2. The van der Waals surface area contributed by atoms with E-state index in [4.69, 9.17) is 9.47 Å². The Morgan fingerprint density at radius 3 is 2.52 bits per heavy atom. The van der Waals surface area contributed by atoms with Crippen LogP contribution >= 0.6 is 0 Å². The number of rotatable bonds is 2. The zero-order chi connectivity index (χ0) is 20.5. The zero-order valence-corrected chi connectivity index (χ0v) is 17.7. The second kappa shape index (κ2) is 5.22. The van der Waals surface area contributed by atoms with Gasteiger partial charge in [0.05, 0.1) is 6.10 Å². The molecule has 10 atom stereocenters. The van der Waals surface area contributed by atoms with Crippen LogP contribution in [0.3, 0.4) is 0 Å². The summed E-state index contributed by atoms with van der Waals surface area (Å²) in [6.45, 7) is 7.57. The van der Waals surface area contributed by atoms with E-state index in [9.17, 15) is 14.4 Å². The monoisotopic (exact) mass is 398 g/mol. The van der Waals surface area contributed by atoms with E-state index in [0.717, 1.165) is 25.7 Å². The van der Waals surface area contributed by atoms with Gasteiger partial charge in [-0.15, -0.1) is 0 Å². The van der Waals surface area contributed by atoms with Gasteiger partial charge in [-0.1, -0.05) is 13.8 Å². The summed E-state index contributed by atoms with van der Waals surface area (Å²) in [7, 11) is 0. The van der Waals surface area contributed by atoms with Gasteiger partial charge in [-0.2, -0.15) is 0 Å². The summed E-state index contributed by atoms with van der Waals surface area (Å²) in [5, 5.41) is 0. The van der Waals surface area contributed by atoms with E-state index in [-0.39, 0.29) is 40.7 Å². The third kappa shape index (κ3) is 1.94. The summed E-state index contributed by atoms with van der Waals surface area (Å²) in [6, 6.07) is 0. The number of fused-ring (bicyclic) bond motifs is 10. The van der Waals surface area contributed by atoms with Crippen molar-refractivity contribution in [3.63, 3.8) is 0 Å². The molecule has 4 saturated carbocycles. The second-order valence-electron chi connectivity index (χ2n) is 11.0. The molecule has 6 rings (SSSR count). The maximum absolute atomic E-state index is 12.8. The summed E-state index contributed by atoms with van der Waals surface area (Å²) < 4.78 is 12.1. The Morgan fingerprint density at radius 1 is 1.10 bits per heavy atom. The van der Waals surface area contributed by atoms with Crippen LogP contribution in [-0.2, 0) is 23.9 Å². The minimum absolute atomic E-state index is 0.0162. The zero-order valence-electron chi connectivity index (χ0n) is 17.7. The van der Waals surface area contributed by atoms with E-state index in [1.54, 1.807) is 6.92 Å². The molecule has 0 aromatic rings. The Kier molecular flexibility index (Phi) is 3.29. The van der Waals surface area contributed by atoms with Crippen LogP contribution in [0.1, 0.15) is 59.8 Å². The Balaban J connectivity index is 1.42. The maximum Gasteiger partial charge on any atom is 0.303 e. The third-order valence-corrected chi connectivity index (χ3v) is 10.2. The minimum atomic E-state index is -0.999. The Morgan fingerprint density at radius 2 is 1.83 bits per heavy atom. The van der Waals surface area contributed by atoms with Crippen LogP contribution < -0.4 is 0 Å². The molecule has 0 aromatic heterocycles. The van der Waals surface area contributed by atoms with Crippen molar-refractivity contribution in [2.24, 2.45) is 40.4 Å². The van der Waals surface area contributed by atoms with Crippen molar-refractivity contribution >= 4 is 17.5 Å². The number of Topliss-reactive ketones (excluding diaryl/α,β-unsaturated/α-hetero) is 1. The van der Waals surface area contributed by atoms with Crippen LogP contribution in [0.2, 0.25) is 0 Å². The number of hydrogen-bond donors (Lipinski definition) is 0. The van der Waals surface area contributed by atoms with Crippen LogP contribution in [-0.4, -0.2) is 35.3 Å². The van der Waals surface area contributed by atoms with Gasteiger partial charge < -0.3 is 9.47 Å². The molecule has 0 unspecified atom stereocenters. The lowest BCUT2D eigenvalue weighted by atomic mass is 9.46. The van der Waals surface area contributed by atoms with Crippen LogP contribution in [0.25, 0.3) is 0 Å². The molecule has 0 spiro atoms. The van der Waals surface area contributed by atoms with Gasteiger partial charge in [0.1, 0.15) is 6.10 Å². The topological polar surface area (TPSA) is 73.0 Å². The molecule has 5 heteroatoms. The van der Waals surface area contributed by atoms with Crippen molar-refractivity contribution < 1.29 is 23.9 Å². The van der Waals surface area contributed by atoms with Crippen molar-refractivity contribution in [1.29, 1.82) is 0 Å². The van der Waals surface area contributed by atoms with Crippen LogP contribution in [0.5, 0.6) is 0 Å². The van der Waals surface area contributed by atoms with Crippen LogP contribution in [0, 0.1) is 40.4 Å². The fourth-order valence-electron chi connectivity index (χ4n) is 8.76. The molecule has 0 radical (unpaired) electrons. The van der Waals surface area contributed by atoms with Gasteiger partial charge in [0.2, 0.25) is 0 Å². The molecule has 1 heterocycles. The standard InChI is InChI=1S/C24H30O5/c1-11(25)24(29-12(2)26)8-6-14-19-15(5-7-22(14,24)3)23(4)16-9-13(16)18(27)10-17(23)20-21(19)28-20/h10,13-16,19-21H,5-9H2,1-4H3/t13-,14+,15+,16+,19+,20+,21-,22+,23+,24+/m1/s1. The quantitative estimate of drug-likeness (QED) is 0.527. The molecule has 6 aliphatic rings. The molecule has 0 bridgehead atoms. The number of ketones is 2. The lowest BCUT2D eigenvalue weighted by Gasteiger charge is -2.58. The molecular weight excluding hydrogens is 368 g/mol. The predicted molar refractivity (Wildman–Crippen MR) is 104 cm³/mol. The van der Waals surface area contributed by atoms with Crippen molar-refractivity contribution in [3.8, 4) is 0 Å². The van der Waals surface area contributed by atoms with Gasteiger partial charge in [-0.25, -0.2) is 0 Å². The van der Waals surface area contributed by atoms with E-state index in [0.29, 0.717) is 35.9 Å². The first-order valence-corrected chi connectivity index (χ1v) is 11.3. The molecule has 1 aliphatic heterocycles. The highest BCUT2D eigenvalue weighted by Gasteiger charge is 2.76. The molecule has 0 aromatic carbocycles. The summed E-state index contributed by atoms with van der Waals surface area (Å²) in [6.07, 6.45) is 6.59. The van der Waals surface area contributed by atoms with E-state index in [1.807, 2.05) is 6.08 Å². The van der Waals surface area contributed by atoms with Crippen molar-refractivity contribution in [3.05, 3.63) is 11.6 Å². The van der Waals surface area contributed by atoms with Gasteiger partial charge >= 0.3 is 5.97 Å². The minimum Gasteiger partial charge on any atom is -0.451 e. The first-order valence-electron chi connectivity index (χ1n) is 11.3. The van der Waals surface area contributed by atoms with Crippen LogP contribution in [0.4, 0.5) is 0 Å². The molecule has 156 valence electrons. The Bertz CT molecular complexity index is 890. The normalized spacial score (nSPS) is 56.1. The van der Waals surface area contributed by atoms with Crippen molar-refractivity contribution in [2.45, 2.75) is 77.6 Å². The van der Waals surface area contributed by atoms with Crippen LogP contribution in [0.15, 0.2) is 11.6 Å².